The number of hydrogen-bond acceptors (Lipinski definition) is 3. The van der Waals surface area contributed by atoms with E-state index in [1.165, 1.54) is 6.92 Å². The van der Waals surface area contributed by atoms with Crippen molar-refractivity contribution in [2.75, 3.05) is 19.7 Å². The van der Waals surface area contributed by atoms with Gasteiger partial charge in [0.25, 0.3) is 0 Å². The van der Waals surface area contributed by atoms with Crippen LogP contribution in [0.1, 0.15) is 20.3 Å². The Labute approximate surface area is 86.9 Å². The number of alkyl halides is 3. The Bertz CT molecular complexity index is 206. The average molecular weight is 227 g/mol. The van der Waals surface area contributed by atoms with E-state index < -0.39 is 18.8 Å². The zero-order valence-corrected chi connectivity index (χ0v) is 8.84. The second kappa shape index (κ2) is 6.07. The molecule has 0 aromatic carbocycles. The molecule has 6 heteroatoms. The summed E-state index contributed by atoms with van der Waals surface area (Å²) in [6, 6.07) is -0.503. The summed E-state index contributed by atoms with van der Waals surface area (Å²) in [5.74, 6) is -0.160. The first-order chi connectivity index (χ1) is 6.76. The first-order valence-electron chi connectivity index (χ1n) is 4.67. The summed E-state index contributed by atoms with van der Waals surface area (Å²) in [5, 5.41) is 8.62. The van der Waals surface area contributed by atoms with E-state index in [2.05, 4.69) is 0 Å². The van der Waals surface area contributed by atoms with Gasteiger partial charge in [0, 0.05) is 19.0 Å². The maximum atomic E-state index is 12.1. The number of carbonyl (C=O) groups is 1. The summed E-state index contributed by atoms with van der Waals surface area (Å²) >= 11 is 0. The van der Waals surface area contributed by atoms with Crippen molar-refractivity contribution in [3.8, 4) is 0 Å². The van der Waals surface area contributed by atoms with Gasteiger partial charge in [-0.15, -0.1) is 0 Å². The van der Waals surface area contributed by atoms with Crippen molar-refractivity contribution in [2.45, 2.75) is 32.5 Å². The molecule has 3 nitrogen and oxygen atoms in total. The quantitative estimate of drug-likeness (QED) is 0.741. The molecule has 0 amide bonds. The second-order valence-electron chi connectivity index (χ2n) is 3.56. The van der Waals surface area contributed by atoms with Gasteiger partial charge >= 0.3 is 6.18 Å². The minimum Gasteiger partial charge on any atom is -0.395 e. The summed E-state index contributed by atoms with van der Waals surface area (Å²) in [4.78, 5) is 11.8. The molecular formula is C9H16F3NO2. The van der Waals surface area contributed by atoms with Crippen molar-refractivity contribution in [3.63, 3.8) is 0 Å². The van der Waals surface area contributed by atoms with Crippen LogP contribution in [-0.2, 0) is 4.79 Å². The predicted octanol–water partition coefficient (Wildman–Crippen LogP) is 1.21. The molecule has 15 heavy (non-hydrogen) atoms. The monoisotopic (exact) mass is 227 g/mol. The summed E-state index contributed by atoms with van der Waals surface area (Å²) in [5.41, 5.74) is 0. The van der Waals surface area contributed by atoms with Gasteiger partial charge in [0.15, 0.2) is 0 Å². The molecule has 1 N–H and O–H groups in total. The maximum Gasteiger partial charge on any atom is 0.401 e. The van der Waals surface area contributed by atoms with Crippen molar-refractivity contribution in [1.82, 2.24) is 4.90 Å². The van der Waals surface area contributed by atoms with E-state index in [1.54, 1.807) is 6.92 Å². The highest BCUT2D eigenvalue weighted by Gasteiger charge is 2.32. The van der Waals surface area contributed by atoms with Gasteiger partial charge in [-0.1, -0.05) is 0 Å². The van der Waals surface area contributed by atoms with E-state index in [9.17, 15) is 18.0 Å². The molecule has 1 atom stereocenters. The Kier molecular flexibility index (Phi) is 5.82. The Morgan fingerprint density at radius 3 is 2.33 bits per heavy atom. The first-order valence-corrected chi connectivity index (χ1v) is 4.67. The van der Waals surface area contributed by atoms with Gasteiger partial charge in [0.2, 0.25) is 0 Å². The van der Waals surface area contributed by atoms with Gasteiger partial charge in [0.1, 0.15) is 5.78 Å². The van der Waals surface area contributed by atoms with E-state index in [-0.39, 0.29) is 25.4 Å². The molecular weight excluding hydrogens is 211 g/mol. The molecule has 0 spiro atoms. The fourth-order valence-corrected chi connectivity index (χ4v) is 1.36. The SMILES string of the molecule is CC(=O)CC(C)N(CCO)CC(F)(F)F. The molecule has 0 aliphatic carbocycles. The van der Waals surface area contributed by atoms with Crippen molar-refractivity contribution in [2.24, 2.45) is 0 Å². The Morgan fingerprint density at radius 1 is 1.47 bits per heavy atom. The van der Waals surface area contributed by atoms with Crippen molar-refractivity contribution in [1.29, 1.82) is 0 Å². The highest BCUT2D eigenvalue weighted by molar-refractivity contribution is 5.76. The van der Waals surface area contributed by atoms with Crippen LogP contribution in [0.3, 0.4) is 0 Å². The normalized spacial score (nSPS) is 14.3. The largest absolute Gasteiger partial charge is 0.401 e. The molecule has 0 rings (SSSR count). The standard InChI is InChI=1S/C9H16F3NO2/c1-7(5-8(2)15)13(3-4-14)6-9(10,11)12/h7,14H,3-6H2,1-2H3. The molecule has 0 saturated carbocycles. The first kappa shape index (κ1) is 14.4. The molecule has 1 unspecified atom stereocenters. The summed E-state index contributed by atoms with van der Waals surface area (Å²) in [6.45, 7) is 1.36. The Hall–Kier alpha value is -0.620. The number of aliphatic hydroxyl groups excluding tert-OH is 1. The number of halogens is 3. The fraction of sp³-hybridized carbons (Fsp3) is 0.889. The van der Waals surface area contributed by atoms with Gasteiger partial charge in [-0.3, -0.25) is 9.69 Å². The minimum atomic E-state index is -4.31. The lowest BCUT2D eigenvalue weighted by Crippen LogP contribution is -2.42. The molecule has 0 fully saturated rings. The third kappa shape index (κ3) is 7.33. The number of aliphatic hydroxyl groups is 1. The molecule has 0 aromatic heterocycles. The van der Waals surface area contributed by atoms with Crippen LogP contribution in [0.5, 0.6) is 0 Å². The van der Waals surface area contributed by atoms with Crippen LogP contribution < -0.4 is 0 Å². The molecule has 0 saturated heterocycles. The van der Waals surface area contributed by atoms with Crippen LogP contribution in [0.2, 0.25) is 0 Å². The number of ketones is 1. The smallest absolute Gasteiger partial charge is 0.395 e. The van der Waals surface area contributed by atoms with Crippen LogP contribution >= 0.6 is 0 Å². The molecule has 0 aromatic rings. The Morgan fingerprint density at radius 2 is 2.00 bits per heavy atom. The highest BCUT2D eigenvalue weighted by Crippen LogP contribution is 2.18. The third-order valence-electron chi connectivity index (χ3n) is 1.98. The summed E-state index contributed by atoms with van der Waals surface area (Å²) in [7, 11) is 0. The zero-order chi connectivity index (χ0) is 12.1. The van der Waals surface area contributed by atoms with E-state index in [4.69, 9.17) is 5.11 Å². The van der Waals surface area contributed by atoms with Crippen LogP contribution in [0.25, 0.3) is 0 Å². The average Bonchev–Trinajstić information content (AvgIpc) is 1.99. The molecule has 90 valence electrons. The van der Waals surface area contributed by atoms with Crippen molar-refractivity contribution in [3.05, 3.63) is 0 Å². The molecule has 0 radical (unpaired) electrons. The van der Waals surface area contributed by atoms with Gasteiger partial charge in [-0.05, 0) is 13.8 Å². The predicted molar refractivity (Wildman–Crippen MR) is 49.5 cm³/mol. The topological polar surface area (TPSA) is 40.5 Å². The highest BCUT2D eigenvalue weighted by atomic mass is 19.4. The lowest BCUT2D eigenvalue weighted by molar-refractivity contribution is -0.152. The summed E-state index contributed by atoms with van der Waals surface area (Å²) in [6.07, 6.45) is -4.24. The van der Waals surface area contributed by atoms with Gasteiger partial charge in [-0.2, -0.15) is 13.2 Å². The van der Waals surface area contributed by atoms with Crippen LogP contribution in [0, 0.1) is 0 Å². The number of hydrogen-bond donors (Lipinski definition) is 1. The molecule has 0 heterocycles. The third-order valence-corrected chi connectivity index (χ3v) is 1.98. The van der Waals surface area contributed by atoms with Crippen LogP contribution in [-0.4, -0.2) is 47.7 Å². The zero-order valence-electron chi connectivity index (χ0n) is 8.84. The van der Waals surface area contributed by atoms with E-state index in [1.807, 2.05) is 0 Å². The van der Waals surface area contributed by atoms with E-state index in [0.717, 1.165) is 4.90 Å². The molecule has 0 bridgehead atoms. The van der Waals surface area contributed by atoms with E-state index >= 15 is 0 Å². The lowest BCUT2D eigenvalue weighted by atomic mass is 10.1. The number of carbonyl (C=O) groups excluding carboxylic acids is 1. The molecule has 0 aliphatic heterocycles. The van der Waals surface area contributed by atoms with Crippen LogP contribution in [0.4, 0.5) is 13.2 Å². The minimum absolute atomic E-state index is 0.0656. The number of rotatable bonds is 6. The summed E-state index contributed by atoms with van der Waals surface area (Å²) < 4.78 is 36.4. The van der Waals surface area contributed by atoms with Crippen molar-refractivity contribution < 1.29 is 23.1 Å². The Balaban J connectivity index is 4.30. The van der Waals surface area contributed by atoms with Gasteiger partial charge in [-0.25, -0.2) is 0 Å². The van der Waals surface area contributed by atoms with E-state index in [0.29, 0.717) is 0 Å². The fourth-order valence-electron chi connectivity index (χ4n) is 1.36. The van der Waals surface area contributed by atoms with Gasteiger partial charge in [0.05, 0.1) is 13.2 Å². The molecule has 0 aliphatic rings. The number of nitrogens with zero attached hydrogens (tertiary/aromatic N) is 1. The second-order valence-corrected chi connectivity index (χ2v) is 3.56. The number of Topliss-reactive ketones (excluding diaryl/α,β-unsaturated/α-hetero) is 1. The van der Waals surface area contributed by atoms with Gasteiger partial charge < -0.3 is 5.11 Å². The van der Waals surface area contributed by atoms with Crippen molar-refractivity contribution >= 4 is 5.78 Å². The van der Waals surface area contributed by atoms with Crippen LogP contribution in [0.15, 0.2) is 0 Å². The lowest BCUT2D eigenvalue weighted by Gasteiger charge is -2.28. The maximum absolute atomic E-state index is 12.1.